The number of aromatic nitrogens is 1. The molecule has 0 aliphatic heterocycles. The minimum Gasteiger partial charge on any atom is -0.370 e. The summed E-state index contributed by atoms with van der Waals surface area (Å²) in [4.78, 5) is 0. The Bertz CT molecular complexity index is 534. The van der Waals surface area contributed by atoms with Crippen molar-refractivity contribution in [2.75, 3.05) is 5.32 Å². The predicted molar refractivity (Wildman–Crippen MR) is 67.9 cm³/mol. The first kappa shape index (κ1) is 11.1. The van der Waals surface area contributed by atoms with Crippen LogP contribution in [-0.2, 0) is 6.54 Å². The molecule has 0 aliphatic rings. The zero-order valence-electron chi connectivity index (χ0n) is 9.07. The lowest BCUT2D eigenvalue weighted by molar-refractivity contribution is 1.14. The monoisotopic (exact) mass is 249 g/mol. The molecule has 5 heteroatoms. The lowest BCUT2D eigenvalue weighted by Gasteiger charge is -2.02. The molecule has 2 heterocycles. The summed E-state index contributed by atoms with van der Waals surface area (Å²) >= 11 is 3.05. The number of aryl methyl sites for hydroxylation is 2. The van der Waals surface area contributed by atoms with Gasteiger partial charge < -0.3 is 5.32 Å². The van der Waals surface area contributed by atoms with E-state index in [0.717, 1.165) is 17.2 Å². The number of nitrogens with zero attached hydrogens (tertiary/aromatic N) is 2. The van der Waals surface area contributed by atoms with E-state index in [1.54, 1.807) is 11.3 Å². The Hall–Kier alpha value is -1.38. The van der Waals surface area contributed by atoms with Gasteiger partial charge in [-0.05, 0) is 47.3 Å². The summed E-state index contributed by atoms with van der Waals surface area (Å²) < 4.78 is 4.17. The lowest BCUT2D eigenvalue weighted by Crippen LogP contribution is -1.99. The Labute approximate surface area is 103 Å². The van der Waals surface area contributed by atoms with Gasteiger partial charge in [-0.3, -0.25) is 0 Å². The molecule has 0 amide bonds. The van der Waals surface area contributed by atoms with Crippen molar-refractivity contribution in [3.8, 4) is 6.07 Å². The van der Waals surface area contributed by atoms with Crippen molar-refractivity contribution in [2.24, 2.45) is 0 Å². The maximum Gasteiger partial charge on any atom is 0.127 e. The molecule has 2 rings (SSSR count). The van der Waals surface area contributed by atoms with Crippen molar-refractivity contribution in [3.63, 3.8) is 0 Å². The molecule has 3 nitrogen and oxygen atoms in total. The fourth-order valence-corrected chi connectivity index (χ4v) is 2.96. The quantitative estimate of drug-likeness (QED) is 0.908. The lowest BCUT2D eigenvalue weighted by atomic mass is 10.2. The Morgan fingerprint density at radius 3 is 2.88 bits per heavy atom. The van der Waals surface area contributed by atoms with E-state index in [0.29, 0.717) is 5.56 Å². The number of hydrogen-bond donors (Lipinski definition) is 1. The highest BCUT2D eigenvalue weighted by Crippen LogP contribution is 2.24. The standard InChI is InChI=1S/C11H11N3S2/c1-7-5-15-6-9(7)4-13-11-10(3-12)8(2)14-16-11/h5-6,13H,4H2,1-2H3. The topological polar surface area (TPSA) is 48.7 Å². The highest BCUT2D eigenvalue weighted by molar-refractivity contribution is 7.10. The van der Waals surface area contributed by atoms with E-state index in [-0.39, 0.29) is 0 Å². The van der Waals surface area contributed by atoms with Gasteiger partial charge in [0.1, 0.15) is 16.6 Å². The number of thiophene rings is 1. The number of nitrogens with one attached hydrogen (secondary N) is 1. The van der Waals surface area contributed by atoms with Gasteiger partial charge in [0.05, 0.1) is 5.69 Å². The molecule has 0 fully saturated rings. The van der Waals surface area contributed by atoms with E-state index < -0.39 is 0 Å². The average molecular weight is 249 g/mol. The Kier molecular flexibility index (Phi) is 3.22. The molecular weight excluding hydrogens is 238 g/mol. The van der Waals surface area contributed by atoms with Crippen molar-refractivity contribution in [1.82, 2.24) is 4.37 Å². The van der Waals surface area contributed by atoms with Crippen LogP contribution in [0.5, 0.6) is 0 Å². The van der Waals surface area contributed by atoms with Gasteiger partial charge in [-0.25, -0.2) is 0 Å². The summed E-state index contributed by atoms with van der Waals surface area (Å²) in [6.07, 6.45) is 0. The van der Waals surface area contributed by atoms with Gasteiger partial charge in [-0.1, -0.05) is 0 Å². The van der Waals surface area contributed by atoms with Crippen LogP contribution in [0.3, 0.4) is 0 Å². The molecule has 0 aliphatic carbocycles. The van der Waals surface area contributed by atoms with Gasteiger partial charge in [0.2, 0.25) is 0 Å². The van der Waals surface area contributed by atoms with Crippen LogP contribution < -0.4 is 5.32 Å². The van der Waals surface area contributed by atoms with Crippen molar-refractivity contribution in [2.45, 2.75) is 20.4 Å². The Balaban J connectivity index is 2.11. The smallest absolute Gasteiger partial charge is 0.127 e. The van der Waals surface area contributed by atoms with Crippen LogP contribution in [0, 0.1) is 25.2 Å². The molecule has 0 bridgehead atoms. The van der Waals surface area contributed by atoms with Gasteiger partial charge in [-0.2, -0.15) is 21.0 Å². The number of rotatable bonds is 3. The van der Waals surface area contributed by atoms with Gasteiger partial charge in [0.15, 0.2) is 0 Å². The normalized spacial score (nSPS) is 10.1. The molecule has 0 unspecified atom stereocenters. The van der Waals surface area contributed by atoms with E-state index in [1.807, 2.05) is 6.92 Å². The molecule has 0 saturated heterocycles. The summed E-state index contributed by atoms with van der Waals surface area (Å²) in [7, 11) is 0. The summed E-state index contributed by atoms with van der Waals surface area (Å²) in [5, 5.41) is 17.4. The van der Waals surface area contributed by atoms with Gasteiger partial charge >= 0.3 is 0 Å². The zero-order valence-corrected chi connectivity index (χ0v) is 10.7. The minimum absolute atomic E-state index is 0.665. The van der Waals surface area contributed by atoms with Crippen LogP contribution in [0.2, 0.25) is 0 Å². The van der Waals surface area contributed by atoms with E-state index >= 15 is 0 Å². The molecule has 0 saturated carbocycles. The molecule has 2 aromatic rings. The molecule has 2 aromatic heterocycles. The van der Waals surface area contributed by atoms with Crippen LogP contribution >= 0.6 is 22.9 Å². The van der Waals surface area contributed by atoms with Crippen molar-refractivity contribution >= 4 is 27.9 Å². The SMILES string of the molecule is Cc1cscc1CNc1snc(C)c1C#N. The van der Waals surface area contributed by atoms with Crippen LogP contribution in [0.4, 0.5) is 5.00 Å². The van der Waals surface area contributed by atoms with Crippen molar-refractivity contribution in [1.29, 1.82) is 5.26 Å². The third-order valence-electron chi connectivity index (χ3n) is 2.38. The Morgan fingerprint density at radius 2 is 2.25 bits per heavy atom. The number of anilines is 1. The summed E-state index contributed by atoms with van der Waals surface area (Å²) in [5.74, 6) is 0. The van der Waals surface area contributed by atoms with E-state index in [1.165, 1.54) is 22.7 Å². The van der Waals surface area contributed by atoms with Gasteiger partial charge in [0, 0.05) is 6.54 Å². The summed E-state index contributed by atoms with van der Waals surface area (Å²) in [6.45, 7) is 4.71. The first-order valence-corrected chi connectivity index (χ1v) is 6.56. The second-order valence-electron chi connectivity index (χ2n) is 3.52. The largest absolute Gasteiger partial charge is 0.370 e. The first-order chi connectivity index (χ1) is 7.72. The number of hydrogen-bond acceptors (Lipinski definition) is 5. The highest BCUT2D eigenvalue weighted by Gasteiger charge is 2.09. The van der Waals surface area contributed by atoms with Gasteiger partial charge in [-0.15, -0.1) is 0 Å². The maximum atomic E-state index is 8.98. The molecule has 16 heavy (non-hydrogen) atoms. The van der Waals surface area contributed by atoms with Crippen LogP contribution in [-0.4, -0.2) is 4.37 Å². The fraction of sp³-hybridized carbons (Fsp3) is 0.273. The van der Waals surface area contributed by atoms with Crippen molar-refractivity contribution < 1.29 is 0 Å². The predicted octanol–water partition coefficient (Wildman–Crippen LogP) is 3.31. The average Bonchev–Trinajstić information content (AvgIpc) is 2.82. The maximum absolute atomic E-state index is 8.98. The molecule has 1 N–H and O–H groups in total. The second-order valence-corrected chi connectivity index (χ2v) is 5.03. The van der Waals surface area contributed by atoms with E-state index in [2.05, 4.69) is 33.4 Å². The highest BCUT2D eigenvalue weighted by atomic mass is 32.1. The van der Waals surface area contributed by atoms with Gasteiger partial charge in [0.25, 0.3) is 0 Å². The zero-order chi connectivity index (χ0) is 11.5. The van der Waals surface area contributed by atoms with Crippen LogP contribution in [0.1, 0.15) is 22.4 Å². The molecule has 0 aromatic carbocycles. The molecule has 82 valence electrons. The second kappa shape index (κ2) is 4.64. The molecule has 0 radical (unpaired) electrons. The van der Waals surface area contributed by atoms with E-state index in [9.17, 15) is 0 Å². The van der Waals surface area contributed by atoms with Crippen LogP contribution in [0.25, 0.3) is 0 Å². The van der Waals surface area contributed by atoms with Crippen molar-refractivity contribution in [3.05, 3.63) is 33.1 Å². The molecular formula is C11H11N3S2. The number of nitriles is 1. The van der Waals surface area contributed by atoms with Crippen LogP contribution in [0.15, 0.2) is 10.8 Å². The summed E-state index contributed by atoms with van der Waals surface area (Å²) in [6, 6.07) is 2.18. The molecule has 0 atom stereocenters. The fourth-order valence-electron chi connectivity index (χ4n) is 1.37. The third kappa shape index (κ3) is 2.08. The molecule has 0 spiro atoms. The summed E-state index contributed by atoms with van der Waals surface area (Å²) in [5.41, 5.74) is 4.03. The minimum atomic E-state index is 0.665. The van der Waals surface area contributed by atoms with E-state index in [4.69, 9.17) is 5.26 Å². The third-order valence-corrected chi connectivity index (χ3v) is 4.18. The first-order valence-electron chi connectivity index (χ1n) is 4.84. The Morgan fingerprint density at radius 1 is 1.44 bits per heavy atom.